The van der Waals surface area contributed by atoms with E-state index in [0.29, 0.717) is 12.1 Å². The molecule has 1 amide bonds. The number of hydrogen-bond donors (Lipinski definition) is 2. The molecule has 2 aromatic heterocycles. The second kappa shape index (κ2) is 7.61. The lowest BCUT2D eigenvalue weighted by molar-refractivity contribution is 0.0850. The van der Waals surface area contributed by atoms with E-state index in [2.05, 4.69) is 14.7 Å². The minimum atomic E-state index is -0.668. The number of carbonyl (C=O) groups is 1. The van der Waals surface area contributed by atoms with Crippen molar-refractivity contribution >= 4 is 17.9 Å². The van der Waals surface area contributed by atoms with Gasteiger partial charge in [0.15, 0.2) is 0 Å². The van der Waals surface area contributed by atoms with Crippen molar-refractivity contribution in [3.05, 3.63) is 70.8 Å². The minimum Gasteiger partial charge on any atom is -0.386 e. The highest BCUT2D eigenvalue weighted by Gasteiger charge is 2.32. The average molecular weight is 424 g/mol. The number of fused-ring (bicyclic) bond motifs is 2. The molecular formula is C22H25N5O2S. The zero-order valence-electron chi connectivity index (χ0n) is 17.1. The zero-order chi connectivity index (χ0) is 20.8. The molecule has 30 heavy (non-hydrogen) atoms. The number of aliphatic hydroxyl groups is 1. The molecule has 1 aromatic carbocycles. The predicted octanol–water partition coefficient (Wildman–Crippen LogP) is 2.44. The Morgan fingerprint density at radius 1 is 1.27 bits per heavy atom. The van der Waals surface area contributed by atoms with Gasteiger partial charge in [-0.1, -0.05) is 24.3 Å². The Hall–Kier alpha value is -2.55. The van der Waals surface area contributed by atoms with Crippen molar-refractivity contribution in [2.45, 2.75) is 43.5 Å². The maximum Gasteiger partial charge on any atom is 0.268 e. The lowest BCUT2D eigenvalue weighted by Crippen LogP contribution is -2.38. The van der Waals surface area contributed by atoms with E-state index in [4.69, 9.17) is 0 Å². The van der Waals surface area contributed by atoms with Crippen LogP contribution in [0, 0.1) is 6.92 Å². The summed E-state index contributed by atoms with van der Waals surface area (Å²) in [6.45, 7) is 4.64. The zero-order valence-corrected chi connectivity index (χ0v) is 17.9. The van der Waals surface area contributed by atoms with Crippen LogP contribution in [-0.2, 0) is 26.6 Å². The van der Waals surface area contributed by atoms with Crippen LogP contribution in [0.3, 0.4) is 0 Å². The topological polar surface area (TPSA) is 75.3 Å². The third-order valence-corrected chi connectivity index (χ3v) is 7.34. The molecule has 2 aliphatic rings. The van der Waals surface area contributed by atoms with E-state index >= 15 is 0 Å². The molecule has 7 nitrogen and oxygen atoms in total. The van der Waals surface area contributed by atoms with Crippen molar-refractivity contribution in [1.29, 1.82) is 0 Å². The van der Waals surface area contributed by atoms with Crippen LogP contribution in [0.5, 0.6) is 0 Å². The molecule has 0 spiro atoms. The van der Waals surface area contributed by atoms with Gasteiger partial charge in [0.25, 0.3) is 5.91 Å². The molecule has 0 saturated carbocycles. The molecule has 0 fully saturated rings. The van der Waals surface area contributed by atoms with Gasteiger partial charge in [0.05, 0.1) is 30.9 Å². The summed E-state index contributed by atoms with van der Waals surface area (Å²) in [6, 6.07) is 11.5. The van der Waals surface area contributed by atoms with Crippen molar-refractivity contribution in [2.75, 3.05) is 6.54 Å². The summed E-state index contributed by atoms with van der Waals surface area (Å²) in [5.41, 5.74) is 4.88. The number of nitrogens with zero attached hydrogens (tertiary/aromatic N) is 4. The number of nitrogens with one attached hydrogen (secondary N) is 1. The fourth-order valence-corrected chi connectivity index (χ4v) is 5.39. The number of rotatable bonds is 4. The predicted molar refractivity (Wildman–Crippen MR) is 115 cm³/mol. The quantitative estimate of drug-likeness (QED) is 0.631. The van der Waals surface area contributed by atoms with E-state index in [1.165, 1.54) is 5.69 Å². The van der Waals surface area contributed by atoms with Gasteiger partial charge in [0.2, 0.25) is 0 Å². The van der Waals surface area contributed by atoms with Gasteiger partial charge < -0.3 is 15.0 Å². The highest BCUT2D eigenvalue weighted by Crippen LogP contribution is 2.33. The van der Waals surface area contributed by atoms with Crippen molar-refractivity contribution in [3.63, 3.8) is 0 Å². The van der Waals surface area contributed by atoms with Crippen molar-refractivity contribution in [2.24, 2.45) is 7.05 Å². The molecule has 2 atom stereocenters. The first-order chi connectivity index (χ1) is 14.5. The molecule has 156 valence electrons. The number of hydrogen-bond acceptors (Lipinski definition) is 5. The SMILES string of the molecule is Cc1c(SN2CCn3nccc3C2)cc(C(=O)NC2Cc3ccccc3C2O)n1C. The first-order valence-corrected chi connectivity index (χ1v) is 11.0. The van der Waals surface area contributed by atoms with E-state index < -0.39 is 6.10 Å². The fraction of sp³-hybridized carbons (Fsp3) is 0.364. The van der Waals surface area contributed by atoms with Gasteiger partial charge in [0, 0.05) is 30.4 Å². The monoisotopic (exact) mass is 423 g/mol. The first kappa shape index (κ1) is 19.4. The maximum absolute atomic E-state index is 13.0. The highest BCUT2D eigenvalue weighted by molar-refractivity contribution is 7.97. The molecule has 0 bridgehead atoms. The molecule has 3 aromatic rings. The molecule has 8 heteroatoms. The standard InChI is InChI=1S/C22H25N5O2S/c1-14-20(30-26-9-10-27-16(13-26)7-8-23-27)12-19(25(14)2)22(29)24-18-11-15-5-3-4-6-17(15)21(18)28/h3-8,12,18,21,28H,9-11,13H2,1-2H3,(H,24,29). The van der Waals surface area contributed by atoms with Gasteiger partial charge in [-0.2, -0.15) is 5.10 Å². The minimum absolute atomic E-state index is 0.152. The summed E-state index contributed by atoms with van der Waals surface area (Å²) in [7, 11) is 1.92. The Bertz CT molecular complexity index is 1100. The van der Waals surface area contributed by atoms with Gasteiger partial charge in [-0.3, -0.25) is 9.48 Å². The van der Waals surface area contributed by atoms with E-state index in [1.807, 2.05) is 65.8 Å². The lowest BCUT2D eigenvalue weighted by atomic mass is 10.1. The molecule has 1 aliphatic heterocycles. The van der Waals surface area contributed by atoms with Crippen LogP contribution < -0.4 is 5.32 Å². The van der Waals surface area contributed by atoms with Crippen molar-refractivity contribution in [3.8, 4) is 0 Å². The highest BCUT2D eigenvalue weighted by atomic mass is 32.2. The van der Waals surface area contributed by atoms with Gasteiger partial charge in [-0.25, -0.2) is 4.31 Å². The van der Waals surface area contributed by atoms with Crippen LogP contribution in [0.15, 0.2) is 47.5 Å². The van der Waals surface area contributed by atoms with Gasteiger partial charge in [0.1, 0.15) is 5.69 Å². The largest absolute Gasteiger partial charge is 0.386 e. The summed E-state index contributed by atoms with van der Waals surface area (Å²) < 4.78 is 6.28. The number of aromatic nitrogens is 3. The van der Waals surface area contributed by atoms with Gasteiger partial charge in [-0.15, -0.1) is 0 Å². The Kier molecular flexibility index (Phi) is 4.92. The molecule has 1 aliphatic carbocycles. The second-order valence-electron chi connectivity index (χ2n) is 7.97. The van der Waals surface area contributed by atoms with Crippen LogP contribution in [0.1, 0.15) is 39.1 Å². The van der Waals surface area contributed by atoms with Crippen LogP contribution in [0.2, 0.25) is 0 Å². The third kappa shape index (κ3) is 3.34. The molecular weight excluding hydrogens is 398 g/mol. The average Bonchev–Trinajstić information content (AvgIpc) is 3.41. The summed E-state index contributed by atoms with van der Waals surface area (Å²) in [6.07, 6.45) is 1.82. The smallest absolute Gasteiger partial charge is 0.268 e. The Morgan fingerprint density at radius 3 is 2.93 bits per heavy atom. The molecule has 0 radical (unpaired) electrons. The molecule has 2 unspecified atom stereocenters. The normalized spacial score (nSPS) is 20.8. The van der Waals surface area contributed by atoms with Crippen molar-refractivity contribution < 1.29 is 9.90 Å². The maximum atomic E-state index is 13.0. The van der Waals surface area contributed by atoms with Crippen LogP contribution in [-0.4, -0.2) is 42.3 Å². The Morgan fingerprint density at radius 2 is 2.10 bits per heavy atom. The number of carbonyl (C=O) groups excluding carboxylic acids is 1. The summed E-state index contributed by atoms with van der Waals surface area (Å²) >= 11 is 1.69. The summed E-state index contributed by atoms with van der Waals surface area (Å²) in [4.78, 5) is 14.1. The Balaban J connectivity index is 1.29. The van der Waals surface area contributed by atoms with Gasteiger partial charge >= 0.3 is 0 Å². The summed E-state index contributed by atoms with van der Waals surface area (Å²) in [5.74, 6) is -0.152. The second-order valence-corrected chi connectivity index (χ2v) is 9.11. The summed E-state index contributed by atoms with van der Waals surface area (Å²) in [5, 5.41) is 18.0. The van der Waals surface area contributed by atoms with E-state index in [1.54, 1.807) is 11.9 Å². The molecule has 0 saturated heterocycles. The lowest BCUT2D eigenvalue weighted by Gasteiger charge is -2.26. The van der Waals surface area contributed by atoms with E-state index in [-0.39, 0.29) is 11.9 Å². The van der Waals surface area contributed by atoms with Crippen LogP contribution >= 0.6 is 11.9 Å². The van der Waals surface area contributed by atoms with E-state index in [9.17, 15) is 9.90 Å². The van der Waals surface area contributed by atoms with Crippen molar-refractivity contribution in [1.82, 2.24) is 24.0 Å². The number of aliphatic hydroxyl groups excluding tert-OH is 1. The number of benzene rings is 1. The first-order valence-electron chi connectivity index (χ1n) is 10.2. The molecule has 3 heterocycles. The fourth-order valence-electron chi connectivity index (χ4n) is 4.31. The van der Waals surface area contributed by atoms with Gasteiger partial charge in [-0.05, 0) is 48.6 Å². The van der Waals surface area contributed by atoms with Crippen LogP contribution in [0.4, 0.5) is 0 Å². The molecule has 5 rings (SSSR count). The molecule has 2 N–H and O–H groups in total. The number of amides is 1. The Labute approximate surface area is 179 Å². The van der Waals surface area contributed by atoms with E-state index in [0.717, 1.165) is 41.4 Å². The third-order valence-electron chi connectivity index (χ3n) is 6.16. The van der Waals surface area contributed by atoms with Crippen LogP contribution in [0.25, 0.3) is 0 Å².